The number of likely N-dealkylation sites (tertiary alicyclic amines) is 1. The van der Waals surface area contributed by atoms with Crippen LogP contribution in [-0.2, 0) is 14.8 Å². The van der Waals surface area contributed by atoms with Gasteiger partial charge in [-0.1, -0.05) is 25.3 Å². The zero-order chi connectivity index (χ0) is 17.2. The Balaban J connectivity index is 1.56. The van der Waals surface area contributed by atoms with E-state index in [0.29, 0.717) is 12.2 Å². The van der Waals surface area contributed by atoms with E-state index >= 15 is 0 Å². The van der Waals surface area contributed by atoms with E-state index in [2.05, 4.69) is 10.2 Å². The first-order chi connectivity index (χ1) is 11.4. The van der Waals surface area contributed by atoms with Crippen LogP contribution in [0, 0.1) is 11.8 Å². The second kappa shape index (κ2) is 7.21. The number of nitrogens with two attached hydrogens (primary N) is 1. The molecule has 3 rings (SSSR count). The number of rotatable bonds is 4. The number of sulfonamides is 1. The minimum absolute atomic E-state index is 0.00307. The number of piperidine rings is 1. The summed E-state index contributed by atoms with van der Waals surface area (Å²) in [5, 5.41) is 7.89. The van der Waals surface area contributed by atoms with Crippen molar-refractivity contribution in [3.8, 4) is 0 Å². The first kappa shape index (κ1) is 17.4. The molecule has 3 N–H and O–H groups in total. The fourth-order valence-corrected chi connectivity index (χ4v) is 4.53. The summed E-state index contributed by atoms with van der Waals surface area (Å²) in [5.74, 6) is 1.45. The van der Waals surface area contributed by atoms with Crippen molar-refractivity contribution in [2.45, 2.75) is 37.0 Å². The molecule has 1 aliphatic carbocycles. The van der Waals surface area contributed by atoms with Crippen LogP contribution >= 0.6 is 0 Å². The van der Waals surface area contributed by atoms with Crippen molar-refractivity contribution in [3.63, 3.8) is 0 Å². The van der Waals surface area contributed by atoms with Crippen LogP contribution in [0.25, 0.3) is 0 Å². The molecule has 0 spiro atoms. The third-order valence-electron chi connectivity index (χ3n) is 5.19. The molecular formula is C17H25N3O3S. The molecule has 2 fully saturated rings. The number of fused-ring (bicyclic) bond motifs is 1. The van der Waals surface area contributed by atoms with Gasteiger partial charge in [0.25, 0.3) is 0 Å². The molecular weight excluding hydrogens is 326 g/mol. The molecule has 1 heterocycles. The van der Waals surface area contributed by atoms with E-state index in [4.69, 9.17) is 5.14 Å². The second-order valence-electron chi connectivity index (χ2n) is 6.95. The summed E-state index contributed by atoms with van der Waals surface area (Å²) < 4.78 is 22.8. The monoisotopic (exact) mass is 351 g/mol. The molecule has 2 atom stereocenters. The molecule has 6 nitrogen and oxygen atoms in total. The van der Waals surface area contributed by atoms with Crippen LogP contribution in [0.3, 0.4) is 0 Å². The maximum absolute atomic E-state index is 12.3. The van der Waals surface area contributed by atoms with Crippen molar-refractivity contribution < 1.29 is 13.2 Å². The summed E-state index contributed by atoms with van der Waals surface area (Å²) in [6.07, 6.45) is 6.45. The summed E-state index contributed by atoms with van der Waals surface area (Å²) in [6.45, 7) is 2.31. The predicted octanol–water partition coefficient (Wildman–Crippen LogP) is 1.78. The van der Waals surface area contributed by atoms with Gasteiger partial charge in [0.2, 0.25) is 15.9 Å². The lowest BCUT2D eigenvalue weighted by Crippen LogP contribution is -2.44. The van der Waals surface area contributed by atoms with Crippen molar-refractivity contribution >= 4 is 21.6 Å². The molecule has 7 heteroatoms. The van der Waals surface area contributed by atoms with Crippen molar-refractivity contribution in [2.75, 3.05) is 25.0 Å². The van der Waals surface area contributed by atoms with E-state index < -0.39 is 10.0 Å². The number of nitrogens with zero attached hydrogens (tertiary/aromatic N) is 1. The minimum Gasteiger partial charge on any atom is -0.325 e. The summed E-state index contributed by atoms with van der Waals surface area (Å²) in [7, 11) is -3.76. The molecule has 132 valence electrons. The number of carbonyl (C=O) groups excluding carboxylic acids is 1. The Labute approximate surface area is 143 Å². The van der Waals surface area contributed by atoms with Crippen molar-refractivity contribution in [1.29, 1.82) is 0 Å². The van der Waals surface area contributed by atoms with Gasteiger partial charge >= 0.3 is 0 Å². The lowest BCUT2D eigenvalue weighted by atomic mass is 9.75. The second-order valence-corrected chi connectivity index (χ2v) is 8.51. The lowest BCUT2D eigenvalue weighted by molar-refractivity contribution is -0.118. The molecule has 0 aromatic heterocycles. The molecule has 1 amide bonds. The van der Waals surface area contributed by atoms with Crippen molar-refractivity contribution in [3.05, 3.63) is 24.3 Å². The Morgan fingerprint density at radius 2 is 1.96 bits per heavy atom. The molecule has 0 radical (unpaired) electrons. The molecule has 0 bridgehead atoms. The van der Waals surface area contributed by atoms with Gasteiger partial charge in [-0.05, 0) is 49.4 Å². The average molecular weight is 351 g/mol. The first-order valence-electron chi connectivity index (χ1n) is 8.57. The number of hydrogen-bond donors (Lipinski definition) is 2. The molecule has 1 aliphatic heterocycles. The topological polar surface area (TPSA) is 92.5 Å². The summed E-state index contributed by atoms with van der Waals surface area (Å²) >= 11 is 0. The number of hydrogen-bond acceptors (Lipinski definition) is 4. The highest BCUT2D eigenvalue weighted by Gasteiger charge is 2.31. The van der Waals surface area contributed by atoms with Crippen LogP contribution in [0.2, 0.25) is 0 Å². The van der Waals surface area contributed by atoms with E-state index in [-0.39, 0.29) is 10.8 Å². The SMILES string of the molecule is NS(=O)(=O)c1cccc(NC(=O)CN2CC[C@@H]3CCCC[C@@H]3C2)c1. The fourth-order valence-electron chi connectivity index (χ4n) is 3.97. The number of anilines is 1. The quantitative estimate of drug-likeness (QED) is 0.865. The Bertz CT molecular complexity index is 705. The number of primary sulfonamides is 1. The summed E-state index contributed by atoms with van der Waals surface area (Å²) in [4.78, 5) is 14.5. The van der Waals surface area contributed by atoms with Gasteiger partial charge in [0.05, 0.1) is 11.4 Å². The zero-order valence-electron chi connectivity index (χ0n) is 13.8. The van der Waals surface area contributed by atoms with Crippen LogP contribution in [-0.4, -0.2) is 38.9 Å². The molecule has 24 heavy (non-hydrogen) atoms. The average Bonchev–Trinajstić information content (AvgIpc) is 2.54. The summed E-state index contributed by atoms with van der Waals surface area (Å²) in [6, 6.07) is 6.04. The van der Waals surface area contributed by atoms with Gasteiger partial charge in [-0.25, -0.2) is 13.6 Å². The molecule has 1 aromatic rings. The van der Waals surface area contributed by atoms with Crippen molar-refractivity contribution in [2.24, 2.45) is 17.0 Å². The predicted molar refractivity (Wildman–Crippen MR) is 92.9 cm³/mol. The van der Waals surface area contributed by atoms with Gasteiger partial charge in [0.15, 0.2) is 0 Å². The lowest BCUT2D eigenvalue weighted by Gasteiger charge is -2.41. The Morgan fingerprint density at radius 1 is 1.21 bits per heavy atom. The van der Waals surface area contributed by atoms with E-state index in [0.717, 1.165) is 24.9 Å². The van der Waals surface area contributed by atoms with Gasteiger partial charge < -0.3 is 5.32 Å². The minimum atomic E-state index is -3.76. The van der Waals surface area contributed by atoms with Crippen LogP contribution in [0.5, 0.6) is 0 Å². The fraction of sp³-hybridized carbons (Fsp3) is 0.588. The van der Waals surface area contributed by atoms with Gasteiger partial charge in [0.1, 0.15) is 0 Å². The summed E-state index contributed by atoms with van der Waals surface area (Å²) in [5.41, 5.74) is 0.457. The first-order valence-corrected chi connectivity index (χ1v) is 10.1. The molecule has 1 saturated heterocycles. The smallest absolute Gasteiger partial charge is 0.238 e. The number of nitrogens with one attached hydrogen (secondary N) is 1. The highest BCUT2D eigenvalue weighted by Crippen LogP contribution is 2.35. The van der Waals surface area contributed by atoms with Gasteiger partial charge in [-0.3, -0.25) is 9.69 Å². The maximum atomic E-state index is 12.3. The third kappa shape index (κ3) is 4.34. The zero-order valence-corrected chi connectivity index (χ0v) is 14.6. The Hall–Kier alpha value is -1.44. The number of amides is 1. The van der Waals surface area contributed by atoms with E-state index in [1.165, 1.54) is 44.2 Å². The van der Waals surface area contributed by atoms with Crippen molar-refractivity contribution in [1.82, 2.24) is 4.90 Å². The highest BCUT2D eigenvalue weighted by molar-refractivity contribution is 7.89. The van der Waals surface area contributed by atoms with E-state index in [1.54, 1.807) is 12.1 Å². The van der Waals surface area contributed by atoms with Gasteiger partial charge in [0, 0.05) is 12.2 Å². The molecule has 1 aromatic carbocycles. The number of benzene rings is 1. The van der Waals surface area contributed by atoms with Gasteiger partial charge in [-0.15, -0.1) is 0 Å². The Morgan fingerprint density at radius 3 is 2.71 bits per heavy atom. The molecule has 1 saturated carbocycles. The van der Waals surface area contributed by atoms with E-state index in [9.17, 15) is 13.2 Å². The van der Waals surface area contributed by atoms with Crippen LogP contribution in [0.1, 0.15) is 32.1 Å². The van der Waals surface area contributed by atoms with Crippen LogP contribution in [0.15, 0.2) is 29.2 Å². The normalized spacial score (nSPS) is 25.0. The van der Waals surface area contributed by atoms with Gasteiger partial charge in [-0.2, -0.15) is 0 Å². The highest BCUT2D eigenvalue weighted by atomic mass is 32.2. The van der Waals surface area contributed by atoms with Crippen LogP contribution in [0.4, 0.5) is 5.69 Å². The number of carbonyl (C=O) groups is 1. The molecule has 0 unspecified atom stereocenters. The maximum Gasteiger partial charge on any atom is 0.238 e. The third-order valence-corrected chi connectivity index (χ3v) is 6.10. The largest absolute Gasteiger partial charge is 0.325 e. The van der Waals surface area contributed by atoms with E-state index in [1.807, 2.05) is 0 Å². The standard InChI is InChI=1S/C17H25N3O3S/c18-24(22,23)16-7-3-6-15(10-16)19-17(21)12-20-9-8-13-4-1-2-5-14(13)11-20/h3,6-7,10,13-14H,1-2,4-5,8-9,11-12H2,(H,19,21)(H2,18,22,23)/t13-,14+/m0/s1. The molecule has 2 aliphatic rings. The Kier molecular flexibility index (Phi) is 5.22. The van der Waals surface area contributed by atoms with Crippen LogP contribution < -0.4 is 10.5 Å².